The number of carbonyl (C=O) groups excluding carboxylic acids is 1. The van der Waals surface area contributed by atoms with E-state index in [4.69, 9.17) is 21.1 Å². The van der Waals surface area contributed by atoms with Gasteiger partial charge in [-0.3, -0.25) is 4.79 Å². The molecule has 158 valence electrons. The summed E-state index contributed by atoms with van der Waals surface area (Å²) < 4.78 is 25.8. The van der Waals surface area contributed by atoms with E-state index < -0.39 is 5.82 Å². The maximum atomic E-state index is 13.2. The van der Waals surface area contributed by atoms with Crippen LogP contribution in [0.2, 0.25) is 5.02 Å². The quantitative estimate of drug-likeness (QED) is 0.486. The fraction of sp³-hybridized carbons (Fsp3) is 0.250. The Kier molecular flexibility index (Phi) is 7.53. The molecule has 0 unspecified atom stereocenters. The molecule has 1 aromatic heterocycles. The van der Waals surface area contributed by atoms with Crippen LogP contribution in [0.25, 0.3) is 0 Å². The van der Waals surface area contributed by atoms with Crippen molar-refractivity contribution >= 4 is 35.0 Å². The molecule has 0 spiro atoms. The van der Waals surface area contributed by atoms with Crippen LogP contribution in [0.3, 0.4) is 0 Å². The van der Waals surface area contributed by atoms with Crippen LogP contribution in [0, 0.1) is 5.82 Å². The van der Waals surface area contributed by atoms with Crippen molar-refractivity contribution in [2.45, 2.75) is 25.2 Å². The maximum absolute atomic E-state index is 13.2. The van der Waals surface area contributed by atoms with Gasteiger partial charge in [0.15, 0.2) is 11.0 Å². The summed E-state index contributed by atoms with van der Waals surface area (Å²) in [6, 6.07) is 11.1. The van der Waals surface area contributed by atoms with Gasteiger partial charge in [-0.05, 0) is 37.3 Å². The molecule has 0 fully saturated rings. The third-order valence-corrected chi connectivity index (χ3v) is 5.31. The Labute approximate surface area is 182 Å². The van der Waals surface area contributed by atoms with Gasteiger partial charge in [0.1, 0.15) is 23.9 Å². The largest absolute Gasteiger partial charge is 0.497 e. The van der Waals surface area contributed by atoms with Gasteiger partial charge >= 0.3 is 0 Å². The van der Waals surface area contributed by atoms with Crippen LogP contribution in [0.1, 0.15) is 12.7 Å². The topological polar surface area (TPSA) is 78.3 Å². The van der Waals surface area contributed by atoms with Crippen LogP contribution in [0.15, 0.2) is 47.6 Å². The lowest BCUT2D eigenvalue weighted by Crippen LogP contribution is -2.15. The number of hydrogen-bond acceptors (Lipinski definition) is 6. The average Bonchev–Trinajstić information content (AvgIpc) is 3.13. The third-order valence-electron chi connectivity index (χ3n) is 4.05. The normalized spacial score (nSPS) is 10.7. The molecule has 10 heteroatoms. The minimum Gasteiger partial charge on any atom is -0.497 e. The third kappa shape index (κ3) is 5.64. The number of benzene rings is 2. The Morgan fingerprint density at radius 3 is 2.83 bits per heavy atom. The van der Waals surface area contributed by atoms with Gasteiger partial charge in [0.2, 0.25) is 5.91 Å². The molecule has 1 heterocycles. The second-order valence-corrected chi connectivity index (χ2v) is 7.42. The number of carbonyl (C=O) groups is 1. The van der Waals surface area contributed by atoms with Gasteiger partial charge in [-0.25, -0.2) is 4.39 Å². The van der Waals surface area contributed by atoms with E-state index in [-0.39, 0.29) is 23.3 Å². The van der Waals surface area contributed by atoms with Crippen molar-refractivity contribution in [3.8, 4) is 11.5 Å². The number of thioether (sulfide) groups is 1. The maximum Gasteiger partial charge on any atom is 0.234 e. The van der Waals surface area contributed by atoms with E-state index in [2.05, 4.69) is 15.5 Å². The molecule has 0 atom stereocenters. The highest BCUT2D eigenvalue weighted by molar-refractivity contribution is 7.99. The number of hydrogen-bond donors (Lipinski definition) is 1. The fourth-order valence-electron chi connectivity index (χ4n) is 2.61. The van der Waals surface area contributed by atoms with Gasteiger partial charge in [0, 0.05) is 18.3 Å². The molecular weight excluding hydrogens is 431 g/mol. The standard InChI is InChI=1S/C20H20ClFN4O3S/c1-3-26-18(11-29-17-8-7-13(22)9-16(17)21)24-25-20(26)30-12-19(27)23-14-5-4-6-15(10-14)28-2/h4-10H,3,11-12H2,1-2H3,(H,23,27). The summed E-state index contributed by atoms with van der Waals surface area (Å²) in [6.45, 7) is 2.66. The Bertz CT molecular complexity index is 1030. The van der Waals surface area contributed by atoms with E-state index in [0.717, 1.165) is 0 Å². The summed E-state index contributed by atoms with van der Waals surface area (Å²) in [6.07, 6.45) is 0. The van der Waals surface area contributed by atoms with Crippen molar-refractivity contribution in [3.63, 3.8) is 0 Å². The molecule has 2 aromatic carbocycles. The summed E-state index contributed by atoms with van der Waals surface area (Å²) in [7, 11) is 1.57. The van der Waals surface area contributed by atoms with Gasteiger partial charge in [0.25, 0.3) is 0 Å². The minimum absolute atomic E-state index is 0.114. The summed E-state index contributed by atoms with van der Waals surface area (Å²) >= 11 is 7.25. The first-order valence-electron chi connectivity index (χ1n) is 9.06. The molecule has 0 saturated heterocycles. The average molecular weight is 451 g/mol. The van der Waals surface area contributed by atoms with Crippen molar-refractivity contribution in [2.75, 3.05) is 18.2 Å². The summed E-state index contributed by atoms with van der Waals surface area (Å²) in [5.74, 6) is 1.16. The number of rotatable bonds is 9. The predicted octanol–water partition coefficient (Wildman–Crippen LogP) is 4.41. The van der Waals surface area contributed by atoms with Crippen LogP contribution >= 0.6 is 23.4 Å². The van der Waals surface area contributed by atoms with E-state index in [0.29, 0.717) is 34.7 Å². The zero-order valence-electron chi connectivity index (χ0n) is 16.4. The fourth-order valence-corrected chi connectivity index (χ4v) is 3.66. The number of methoxy groups -OCH3 is 1. The van der Waals surface area contributed by atoms with Crippen LogP contribution < -0.4 is 14.8 Å². The van der Waals surface area contributed by atoms with Gasteiger partial charge < -0.3 is 19.4 Å². The van der Waals surface area contributed by atoms with Gasteiger partial charge in [-0.2, -0.15) is 0 Å². The smallest absolute Gasteiger partial charge is 0.234 e. The predicted molar refractivity (Wildman–Crippen MR) is 114 cm³/mol. The van der Waals surface area contributed by atoms with E-state index in [1.807, 2.05) is 11.5 Å². The van der Waals surface area contributed by atoms with Crippen molar-refractivity contribution in [1.29, 1.82) is 0 Å². The van der Waals surface area contributed by atoms with Crippen LogP contribution in [-0.2, 0) is 17.9 Å². The zero-order chi connectivity index (χ0) is 21.5. The molecule has 3 rings (SSSR count). The van der Waals surface area contributed by atoms with Gasteiger partial charge in [-0.15, -0.1) is 10.2 Å². The zero-order valence-corrected chi connectivity index (χ0v) is 18.0. The minimum atomic E-state index is -0.435. The first-order chi connectivity index (χ1) is 14.5. The van der Waals surface area contributed by atoms with E-state index in [1.165, 1.54) is 30.0 Å². The van der Waals surface area contributed by atoms with Crippen molar-refractivity contribution in [1.82, 2.24) is 14.8 Å². The summed E-state index contributed by atoms with van der Waals surface area (Å²) in [5, 5.41) is 11.9. The number of halogens is 2. The molecular formula is C20H20ClFN4O3S. The second-order valence-electron chi connectivity index (χ2n) is 6.08. The van der Waals surface area contributed by atoms with E-state index in [1.54, 1.807) is 31.4 Å². The molecule has 0 radical (unpaired) electrons. The SMILES string of the molecule is CCn1c(COc2ccc(F)cc2Cl)nnc1SCC(=O)Nc1cccc(OC)c1. The first kappa shape index (κ1) is 21.9. The number of aromatic nitrogens is 3. The molecule has 30 heavy (non-hydrogen) atoms. The van der Waals surface area contributed by atoms with Crippen LogP contribution in [-0.4, -0.2) is 33.5 Å². The lowest BCUT2D eigenvalue weighted by Gasteiger charge is -2.10. The molecule has 0 bridgehead atoms. The molecule has 3 aromatic rings. The highest BCUT2D eigenvalue weighted by Crippen LogP contribution is 2.26. The first-order valence-corrected chi connectivity index (χ1v) is 10.4. The Hall–Kier alpha value is -2.78. The number of nitrogens with zero attached hydrogens (tertiary/aromatic N) is 3. The Morgan fingerprint density at radius 2 is 2.10 bits per heavy atom. The molecule has 1 N–H and O–H groups in total. The number of anilines is 1. The second kappa shape index (κ2) is 10.3. The molecule has 7 nitrogen and oxygen atoms in total. The highest BCUT2D eigenvalue weighted by atomic mass is 35.5. The molecule has 1 amide bonds. The lowest BCUT2D eigenvalue weighted by atomic mass is 10.3. The highest BCUT2D eigenvalue weighted by Gasteiger charge is 2.15. The molecule has 0 aliphatic carbocycles. The lowest BCUT2D eigenvalue weighted by molar-refractivity contribution is -0.113. The van der Waals surface area contributed by atoms with E-state index in [9.17, 15) is 9.18 Å². The summed E-state index contributed by atoms with van der Waals surface area (Å²) in [5.41, 5.74) is 0.655. The van der Waals surface area contributed by atoms with E-state index >= 15 is 0 Å². The molecule has 0 aliphatic heterocycles. The van der Waals surface area contributed by atoms with Crippen molar-refractivity contribution < 1.29 is 18.7 Å². The van der Waals surface area contributed by atoms with Gasteiger partial charge in [0.05, 0.1) is 17.9 Å². The van der Waals surface area contributed by atoms with Gasteiger partial charge in [-0.1, -0.05) is 29.4 Å². The van der Waals surface area contributed by atoms with Crippen molar-refractivity contribution in [3.05, 3.63) is 59.1 Å². The van der Waals surface area contributed by atoms with Crippen LogP contribution in [0.4, 0.5) is 10.1 Å². The number of nitrogens with one attached hydrogen (secondary N) is 1. The summed E-state index contributed by atoms with van der Waals surface area (Å²) in [4.78, 5) is 12.3. The molecule has 0 saturated carbocycles. The molecule has 0 aliphatic rings. The number of ether oxygens (including phenoxy) is 2. The monoisotopic (exact) mass is 450 g/mol. The van der Waals surface area contributed by atoms with Crippen molar-refractivity contribution in [2.24, 2.45) is 0 Å². The number of amides is 1. The van der Waals surface area contributed by atoms with Crippen LogP contribution in [0.5, 0.6) is 11.5 Å². The Morgan fingerprint density at radius 1 is 1.27 bits per heavy atom. The Balaban J connectivity index is 1.58.